The highest BCUT2D eigenvalue weighted by molar-refractivity contribution is 5.76. The maximum absolute atomic E-state index is 12.4. The van der Waals surface area contributed by atoms with E-state index in [1.807, 2.05) is 4.90 Å². The number of aromatic nitrogens is 4. The van der Waals surface area contributed by atoms with Gasteiger partial charge < -0.3 is 9.80 Å². The second kappa shape index (κ2) is 5.51. The quantitative estimate of drug-likeness (QED) is 0.811. The van der Waals surface area contributed by atoms with E-state index in [2.05, 4.69) is 20.4 Å². The van der Waals surface area contributed by atoms with Crippen LogP contribution in [0.3, 0.4) is 0 Å². The van der Waals surface area contributed by atoms with E-state index in [0.29, 0.717) is 11.8 Å². The van der Waals surface area contributed by atoms with E-state index in [1.165, 1.54) is 62.7 Å². The molecule has 0 aromatic carbocycles. The number of amides is 1. The number of carbonyl (C=O) groups excluding carboxylic acids is 1. The molecule has 7 nitrogen and oxygen atoms in total. The van der Waals surface area contributed by atoms with Crippen molar-refractivity contribution in [1.29, 1.82) is 0 Å². The minimum Gasteiger partial charge on any atom is -0.340 e. The summed E-state index contributed by atoms with van der Waals surface area (Å²) in [4.78, 5) is 17.1. The predicted molar refractivity (Wildman–Crippen MR) is 86.8 cm³/mol. The third-order valence-electron chi connectivity index (χ3n) is 6.98. The van der Waals surface area contributed by atoms with Crippen LogP contribution in [0.4, 0.5) is 0 Å². The zero-order valence-corrected chi connectivity index (χ0v) is 14.2. The second-order valence-electron chi connectivity index (χ2n) is 8.67. The van der Waals surface area contributed by atoms with Gasteiger partial charge >= 0.3 is 0 Å². The summed E-state index contributed by atoms with van der Waals surface area (Å²) in [5, 5.41) is 11.0. The van der Waals surface area contributed by atoms with Gasteiger partial charge in [-0.3, -0.25) is 4.79 Å². The number of fused-ring (bicyclic) bond motifs is 1. The average molecular weight is 330 g/mol. The number of nitrogens with zero attached hydrogens (tertiary/aromatic N) is 6. The molecule has 24 heavy (non-hydrogen) atoms. The van der Waals surface area contributed by atoms with Crippen LogP contribution >= 0.6 is 0 Å². The fourth-order valence-corrected chi connectivity index (χ4v) is 5.68. The van der Waals surface area contributed by atoms with Crippen molar-refractivity contribution in [3.63, 3.8) is 0 Å². The smallest absolute Gasteiger partial charge is 0.244 e. The Hall–Kier alpha value is -1.50. The van der Waals surface area contributed by atoms with Gasteiger partial charge in [-0.05, 0) is 59.3 Å². The first-order valence-electron chi connectivity index (χ1n) is 9.40. The zero-order chi connectivity index (χ0) is 16.1. The van der Waals surface area contributed by atoms with Crippen molar-refractivity contribution >= 4 is 5.91 Å². The molecular formula is C17H26N6O. The standard InChI is InChI=1S/C17H26N6O/c24-16(11-23-12-18-19-20-23)22-9-14-7-21(8-15(14)10-22)6-13-4-17(5-13)2-1-3-17/h12-15H,1-11H2/t14-,15+. The van der Waals surface area contributed by atoms with Gasteiger partial charge in [0.25, 0.3) is 0 Å². The Labute approximate surface area is 142 Å². The Bertz CT molecular complexity index is 591. The van der Waals surface area contributed by atoms with Gasteiger partial charge in [0.1, 0.15) is 12.9 Å². The van der Waals surface area contributed by atoms with Crippen molar-refractivity contribution in [3.05, 3.63) is 6.33 Å². The summed E-state index contributed by atoms with van der Waals surface area (Å²) in [5.41, 5.74) is 0.791. The molecule has 3 heterocycles. The van der Waals surface area contributed by atoms with E-state index in [1.54, 1.807) is 0 Å². The summed E-state index contributed by atoms with van der Waals surface area (Å²) >= 11 is 0. The van der Waals surface area contributed by atoms with Gasteiger partial charge in [-0.1, -0.05) is 6.42 Å². The minimum atomic E-state index is 0.147. The Morgan fingerprint density at radius 2 is 1.88 bits per heavy atom. The van der Waals surface area contributed by atoms with Crippen molar-refractivity contribution in [1.82, 2.24) is 30.0 Å². The summed E-state index contributed by atoms with van der Waals surface area (Å²) in [6.45, 7) is 5.76. The SMILES string of the molecule is O=C(Cn1cnnn1)N1C[C@H]2CN(CC3CC4(CCC4)C3)C[C@H]2C1. The molecule has 1 aromatic rings. The molecule has 4 fully saturated rings. The van der Waals surface area contributed by atoms with E-state index in [9.17, 15) is 4.79 Å². The fourth-order valence-electron chi connectivity index (χ4n) is 5.68. The summed E-state index contributed by atoms with van der Waals surface area (Å²) in [6.07, 6.45) is 8.92. The zero-order valence-electron chi connectivity index (χ0n) is 14.2. The van der Waals surface area contributed by atoms with Crippen molar-refractivity contribution in [2.24, 2.45) is 23.2 Å². The molecule has 1 spiro atoms. The number of hydrogen-bond donors (Lipinski definition) is 0. The van der Waals surface area contributed by atoms with Crippen LogP contribution in [0.1, 0.15) is 32.1 Å². The number of likely N-dealkylation sites (tertiary alicyclic amines) is 2. The number of tetrazole rings is 1. The molecule has 2 saturated carbocycles. The van der Waals surface area contributed by atoms with E-state index in [-0.39, 0.29) is 12.5 Å². The molecule has 2 aliphatic heterocycles. The summed E-state index contributed by atoms with van der Waals surface area (Å²) in [5.74, 6) is 2.43. The predicted octanol–water partition coefficient (Wildman–Crippen LogP) is 0.644. The van der Waals surface area contributed by atoms with E-state index < -0.39 is 0 Å². The Balaban J connectivity index is 1.09. The second-order valence-corrected chi connectivity index (χ2v) is 8.67. The number of hydrogen-bond acceptors (Lipinski definition) is 5. The van der Waals surface area contributed by atoms with Gasteiger partial charge in [0.15, 0.2) is 0 Å². The molecule has 1 aromatic heterocycles. The first-order chi connectivity index (χ1) is 11.7. The number of rotatable bonds is 4. The highest BCUT2D eigenvalue weighted by Gasteiger charge is 2.49. The maximum Gasteiger partial charge on any atom is 0.244 e. The van der Waals surface area contributed by atoms with E-state index >= 15 is 0 Å². The van der Waals surface area contributed by atoms with Crippen LogP contribution in [0.2, 0.25) is 0 Å². The van der Waals surface area contributed by atoms with Crippen LogP contribution in [-0.2, 0) is 11.3 Å². The van der Waals surface area contributed by atoms with Gasteiger partial charge in [0.2, 0.25) is 5.91 Å². The topological polar surface area (TPSA) is 67.2 Å². The molecule has 0 N–H and O–H groups in total. The van der Waals surface area contributed by atoms with Crippen LogP contribution in [-0.4, -0.2) is 68.6 Å². The summed E-state index contributed by atoms with van der Waals surface area (Å²) in [6, 6.07) is 0. The Kier molecular flexibility index (Phi) is 3.40. The molecule has 2 aliphatic carbocycles. The van der Waals surface area contributed by atoms with Crippen LogP contribution in [0.15, 0.2) is 6.33 Å². The largest absolute Gasteiger partial charge is 0.340 e. The Morgan fingerprint density at radius 3 is 2.46 bits per heavy atom. The lowest BCUT2D eigenvalue weighted by atomic mass is 9.52. The van der Waals surface area contributed by atoms with Crippen LogP contribution in [0.5, 0.6) is 0 Å². The first-order valence-corrected chi connectivity index (χ1v) is 9.40. The molecule has 2 saturated heterocycles. The van der Waals surface area contributed by atoms with Gasteiger partial charge in [0.05, 0.1) is 0 Å². The third-order valence-corrected chi connectivity index (χ3v) is 6.98. The minimum absolute atomic E-state index is 0.147. The van der Waals surface area contributed by atoms with Crippen LogP contribution in [0, 0.1) is 23.2 Å². The summed E-state index contributed by atoms with van der Waals surface area (Å²) in [7, 11) is 0. The van der Waals surface area contributed by atoms with Crippen LogP contribution in [0.25, 0.3) is 0 Å². The van der Waals surface area contributed by atoms with E-state index in [4.69, 9.17) is 0 Å². The first kappa shape index (κ1) is 14.8. The van der Waals surface area contributed by atoms with Gasteiger partial charge in [0, 0.05) is 32.7 Å². The average Bonchev–Trinajstić information content (AvgIpc) is 3.15. The highest BCUT2D eigenvalue weighted by Crippen LogP contribution is 2.58. The van der Waals surface area contributed by atoms with Crippen molar-refractivity contribution < 1.29 is 4.79 Å². The highest BCUT2D eigenvalue weighted by atomic mass is 16.2. The molecule has 0 unspecified atom stereocenters. The fraction of sp³-hybridized carbons (Fsp3) is 0.882. The van der Waals surface area contributed by atoms with Gasteiger partial charge in [-0.2, -0.15) is 0 Å². The lowest BCUT2D eigenvalue weighted by Crippen LogP contribution is -2.47. The molecule has 130 valence electrons. The molecule has 5 rings (SSSR count). The summed E-state index contributed by atoms with van der Waals surface area (Å²) < 4.78 is 1.51. The molecule has 7 heteroatoms. The van der Waals surface area contributed by atoms with Crippen molar-refractivity contribution in [2.75, 3.05) is 32.7 Å². The molecule has 2 atom stereocenters. The number of carbonyl (C=O) groups is 1. The van der Waals surface area contributed by atoms with E-state index in [0.717, 1.165) is 24.4 Å². The van der Waals surface area contributed by atoms with Crippen molar-refractivity contribution in [2.45, 2.75) is 38.6 Å². The normalized spacial score (nSPS) is 31.9. The third kappa shape index (κ3) is 2.53. The Morgan fingerprint density at radius 1 is 1.12 bits per heavy atom. The monoisotopic (exact) mass is 330 g/mol. The maximum atomic E-state index is 12.4. The molecule has 0 bridgehead atoms. The van der Waals surface area contributed by atoms with Crippen molar-refractivity contribution in [3.8, 4) is 0 Å². The van der Waals surface area contributed by atoms with Gasteiger partial charge in [-0.15, -0.1) is 5.10 Å². The molecule has 0 radical (unpaired) electrons. The van der Waals surface area contributed by atoms with Crippen LogP contribution < -0.4 is 0 Å². The van der Waals surface area contributed by atoms with Gasteiger partial charge in [-0.25, -0.2) is 4.68 Å². The lowest BCUT2D eigenvalue weighted by Gasteiger charge is -2.55. The lowest BCUT2D eigenvalue weighted by molar-refractivity contribution is -0.131. The molecular weight excluding hydrogens is 304 g/mol. The molecule has 4 aliphatic rings. The molecule has 1 amide bonds.